The van der Waals surface area contributed by atoms with Gasteiger partial charge in [-0.2, -0.15) is 0 Å². The molecule has 8 heteroatoms. The molecule has 2 aromatic rings. The van der Waals surface area contributed by atoms with Crippen LogP contribution in [0, 0.1) is 0 Å². The molecule has 0 aliphatic carbocycles. The lowest BCUT2D eigenvalue weighted by Gasteiger charge is -2.37. The van der Waals surface area contributed by atoms with Gasteiger partial charge in [0.1, 0.15) is 17.3 Å². The molecule has 8 nitrogen and oxygen atoms in total. The Kier molecular flexibility index (Phi) is 7.05. The van der Waals surface area contributed by atoms with Gasteiger partial charge in [0, 0.05) is 44.8 Å². The molecule has 0 unspecified atom stereocenters. The molecule has 2 atom stereocenters. The van der Waals surface area contributed by atoms with Gasteiger partial charge in [0.25, 0.3) is 5.91 Å². The summed E-state index contributed by atoms with van der Waals surface area (Å²) in [6, 6.07) is 9.46. The zero-order chi connectivity index (χ0) is 23.5. The second kappa shape index (κ2) is 9.97. The number of hydrogen-bond acceptors (Lipinski definition) is 7. The highest BCUT2D eigenvalue weighted by Gasteiger charge is 2.30. The first-order valence-corrected chi connectivity index (χ1v) is 11.5. The molecule has 1 amide bonds. The van der Waals surface area contributed by atoms with Gasteiger partial charge in [-0.05, 0) is 51.2 Å². The fourth-order valence-electron chi connectivity index (χ4n) is 4.55. The minimum atomic E-state index is 0.00239. The summed E-state index contributed by atoms with van der Waals surface area (Å²) < 4.78 is 16.8. The van der Waals surface area contributed by atoms with E-state index in [2.05, 4.69) is 16.8 Å². The molecule has 1 aromatic carbocycles. The Bertz CT molecular complexity index is 980. The van der Waals surface area contributed by atoms with Crippen molar-refractivity contribution < 1.29 is 19.0 Å². The van der Waals surface area contributed by atoms with Gasteiger partial charge in [0.05, 0.1) is 37.7 Å². The number of carbonyl (C=O) groups is 1. The zero-order valence-corrected chi connectivity index (χ0v) is 20.2. The number of anilines is 1. The Morgan fingerprint density at radius 1 is 1.00 bits per heavy atom. The number of hydrogen-bond donors (Lipinski definition) is 0. The van der Waals surface area contributed by atoms with E-state index in [0.29, 0.717) is 24.4 Å². The number of ether oxygens (including phenoxy) is 3. The van der Waals surface area contributed by atoms with Crippen LogP contribution in [0.2, 0.25) is 0 Å². The van der Waals surface area contributed by atoms with Gasteiger partial charge in [0.15, 0.2) is 0 Å². The van der Waals surface area contributed by atoms with Crippen molar-refractivity contribution in [1.82, 2.24) is 14.8 Å². The number of amides is 1. The average Bonchev–Trinajstić information content (AvgIpc) is 2.82. The van der Waals surface area contributed by atoms with Gasteiger partial charge in [0.2, 0.25) is 0 Å². The molecule has 0 spiro atoms. The first-order valence-electron chi connectivity index (χ1n) is 11.5. The Balaban J connectivity index is 1.75. The third kappa shape index (κ3) is 5.07. The molecule has 0 N–H and O–H groups in total. The predicted molar refractivity (Wildman–Crippen MR) is 128 cm³/mol. The predicted octanol–water partition coefficient (Wildman–Crippen LogP) is 2.77. The molecule has 4 rings (SSSR count). The van der Waals surface area contributed by atoms with Gasteiger partial charge >= 0.3 is 0 Å². The van der Waals surface area contributed by atoms with Crippen molar-refractivity contribution in [3.63, 3.8) is 0 Å². The summed E-state index contributed by atoms with van der Waals surface area (Å²) in [5.41, 5.74) is 2.21. The summed E-state index contributed by atoms with van der Waals surface area (Å²) in [7, 11) is 5.40. The standard InChI is InChI=1S/C25H34N4O4/c1-17-15-29(16-18(2)33-17)25(30)20-7-8-22(21-14-19(31-4)6-9-23(21)32-5)26-24(20)28-12-10-27(3)11-13-28/h6-9,14,17-18H,10-13,15-16H2,1-5H3/t17-,18+. The molecule has 2 aliphatic rings. The molecule has 178 valence electrons. The van der Waals surface area contributed by atoms with Crippen LogP contribution in [-0.2, 0) is 4.74 Å². The van der Waals surface area contributed by atoms with Crippen LogP contribution in [0.15, 0.2) is 30.3 Å². The monoisotopic (exact) mass is 454 g/mol. The van der Waals surface area contributed by atoms with Crippen LogP contribution in [-0.4, -0.2) is 93.4 Å². The Morgan fingerprint density at radius 3 is 2.33 bits per heavy atom. The molecule has 0 bridgehead atoms. The lowest BCUT2D eigenvalue weighted by Crippen LogP contribution is -2.49. The van der Waals surface area contributed by atoms with Gasteiger partial charge < -0.3 is 28.9 Å². The first-order chi connectivity index (χ1) is 15.9. The fourth-order valence-corrected chi connectivity index (χ4v) is 4.55. The van der Waals surface area contributed by atoms with Crippen LogP contribution in [0.4, 0.5) is 5.82 Å². The summed E-state index contributed by atoms with van der Waals surface area (Å²) in [6.07, 6.45) is 0.0242. The number of likely N-dealkylation sites (N-methyl/N-ethyl adjacent to an activating group) is 1. The number of aromatic nitrogens is 1. The zero-order valence-electron chi connectivity index (χ0n) is 20.2. The number of pyridine rings is 1. The van der Waals surface area contributed by atoms with Crippen LogP contribution >= 0.6 is 0 Å². The van der Waals surface area contributed by atoms with Crippen LogP contribution in [0.3, 0.4) is 0 Å². The smallest absolute Gasteiger partial charge is 0.257 e. The Morgan fingerprint density at radius 2 is 1.70 bits per heavy atom. The van der Waals surface area contributed by atoms with Crippen LogP contribution < -0.4 is 14.4 Å². The number of rotatable bonds is 5. The van der Waals surface area contributed by atoms with Crippen molar-refractivity contribution in [3.05, 3.63) is 35.9 Å². The van der Waals surface area contributed by atoms with E-state index in [9.17, 15) is 4.79 Å². The number of piperazine rings is 1. The molecule has 0 radical (unpaired) electrons. The van der Waals surface area contributed by atoms with Crippen molar-refractivity contribution in [3.8, 4) is 22.8 Å². The van der Waals surface area contributed by atoms with Gasteiger partial charge in [-0.15, -0.1) is 0 Å². The van der Waals surface area contributed by atoms with E-state index in [1.807, 2.05) is 49.1 Å². The number of carbonyl (C=O) groups excluding carboxylic acids is 1. The maximum Gasteiger partial charge on any atom is 0.257 e. The van der Waals surface area contributed by atoms with Crippen molar-refractivity contribution in [1.29, 1.82) is 0 Å². The number of benzene rings is 1. The number of nitrogens with zero attached hydrogens (tertiary/aromatic N) is 4. The largest absolute Gasteiger partial charge is 0.497 e. The maximum absolute atomic E-state index is 13.6. The molecule has 2 aliphatic heterocycles. The second-order valence-corrected chi connectivity index (χ2v) is 8.89. The van der Waals surface area contributed by atoms with E-state index < -0.39 is 0 Å². The van der Waals surface area contributed by atoms with E-state index in [4.69, 9.17) is 19.2 Å². The molecular weight excluding hydrogens is 420 g/mol. The fraction of sp³-hybridized carbons (Fsp3) is 0.520. The molecule has 2 fully saturated rings. The summed E-state index contributed by atoms with van der Waals surface area (Å²) in [6.45, 7) is 8.66. The van der Waals surface area contributed by atoms with E-state index >= 15 is 0 Å². The third-order valence-electron chi connectivity index (χ3n) is 6.30. The van der Waals surface area contributed by atoms with Gasteiger partial charge in [-0.25, -0.2) is 4.98 Å². The highest BCUT2D eigenvalue weighted by Crippen LogP contribution is 2.35. The number of methoxy groups -OCH3 is 2. The lowest BCUT2D eigenvalue weighted by atomic mass is 10.1. The van der Waals surface area contributed by atoms with Crippen LogP contribution in [0.5, 0.6) is 11.5 Å². The summed E-state index contributed by atoms with van der Waals surface area (Å²) >= 11 is 0. The van der Waals surface area contributed by atoms with Gasteiger partial charge in [-0.1, -0.05) is 0 Å². The molecular formula is C25H34N4O4. The Hall–Kier alpha value is -2.84. The van der Waals surface area contributed by atoms with E-state index in [-0.39, 0.29) is 18.1 Å². The van der Waals surface area contributed by atoms with Crippen LogP contribution in [0.25, 0.3) is 11.3 Å². The highest BCUT2D eigenvalue weighted by molar-refractivity contribution is 5.99. The minimum absolute atomic E-state index is 0.00239. The molecule has 0 saturated carbocycles. The SMILES string of the molecule is COc1ccc(OC)c(-c2ccc(C(=O)N3C[C@@H](C)O[C@@H](C)C3)c(N3CCN(C)CC3)n2)c1. The van der Waals surface area contributed by atoms with E-state index in [0.717, 1.165) is 49.0 Å². The second-order valence-electron chi connectivity index (χ2n) is 8.89. The molecule has 33 heavy (non-hydrogen) atoms. The summed E-state index contributed by atoms with van der Waals surface area (Å²) in [4.78, 5) is 25.1. The normalized spacial score (nSPS) is 21.7. The van der Waals surface area contributed by atoms with Crippen LogP contribution in [0.1, 0.15) is 24.2 Å². The van der Waals surface area contributed by atoms with Crippen molar-refractivity contribution in [2.45, 2.75) is 26.1 Å². The maximum atomic E-state index is 13.6. The lowest BCUT2D eigenvalue weighted by molar-refractivity contribution is -0.0586. The molecule has 3 heterocycles. The first kappa shape index (κ1) is 23.3. The molecule has 1 aromatic heterocycles. The van der Waals surface area contributed by atoms with E-state index in [1.54, 1.807) is 14.2 Å². The van der Waals surface area contributed by atoms with Crippen molar-refractivity contribution in [2.24, 2.45) is 0 Å². The third-order valence-corrected chi connectivity index (χ3v) is 6.30. The van der Waals surface area contributed by atoms with Gasteiger partial charge in [-0.3, -0.25) is 4.79 Å². The Labute approximate surface area is 196 Å². The minimum Gasteiger partial charge on any atom is -0.497 e. The average molecular weight is 455 g/mol. The summed E-state index contributed by atoms with van der Waals surface area (Å²) in [5.74, 6) is 2.16. The topological polar surface area (TPSA) is 67.4 Å². The molecule has 2 saturated heterocycles. The summed E-state index contributed by atoms with van der Waals surface area (Å²) in [5, 5.41) is 0. The van der Waals surface area contributed by atoms with E-state index in [1.165, 1.54) is 0 Å². The number of morpholine rings is 1. The highest BCUT2D eigenvalue weighted by atomic mass is 16.5. The van der Waals surface area contributed by atoms with Crippen molar-refractivity contribution in [2.75, 3.05) is 65.4 Å². The van der Waals surface area contributed by atoms with Crippen molar-refractivity contribution >= 4 is 11.7 Å². The quantitative estimate of drug-likeness (QED) is 0.688.